The first kappa shape index (κ1) is 33.4. The van der Waals surface area contributed by atoms with Crippen molar-refractivity contribution in [2.75, 3.05) is 16.2 Å². The van der Waals surface area contributed by atoms with Crippen LogP contribution < -0.4 is 16.2 Å². The Bertz CT molecular complexity index is 2040. The number of benzene rings is 5. The second-order valence-electron chi connectivity index (χ2n) is 9.33. The first-order valence-electron chi connectivity index (χ1n) is 12.8. The fraction of sp³-hybridized carbons (Fsp3) is 0. The van der Waals surface area contributed by atoms with Crippen LogP contribution in [0.5, 0.6) is 0 Å². The van der Waals surface area contributed by atoms with Crippen molar-refractivity contribution in [3.63, 3.8) is 0 Å². The van der Waals surface area contributed by atoms with Gasteiger partial charge in [-0.1, -0.05) is 59.1 Å². The van der Waals surface area contributed by atoms with Crippen molar-refractivity contribution in [1.82, 2.24) is 0 Å². The maximum atomic E-state index is 14.0. The molecule has 0 atom stereocenters. The van der Waals surface area contributed by atoms with E-state index in [1.54, 1.807) is 12.1 Å². The van der Waals surface area contributed by atoms with E-state index in [1.165, 1.54) is 84.9 Å². The van der Waals surface area contributed by atoms with Crippen molar-refractivity contribution in [2.24, 2.45) is 0 Å². The Balaban J connectivity index is 0.000000231. The van der Waals surface area contributed by atoms with Crippen LogP contribution >= 0.6 is 34.8 Å². The third kappa shape index (κ3) is 7.98. The Hall–Kier alpha value is -4.48. The first-order chi connectivity index (χ1) is 21.3. The van der Waals surface area contributed by atoms with Crippen LogP contribution in [0, 0.1) is 11.6 Å². The second kappa shape index (κ2) is 14.1. The van der Waals surface area contributed by atoms with E-state index < -0.39 is 33.2 Å². The molecule has 0 aromatic heterocycles. The van der Waals surface area contributed by atoms with Gasteiger partial charge in [-0.3, -0.25) is 14.3 Å². The minimum atomic E-state index is -4.09. The normalized spacial score (nSPS) is 10.9. The fourth-order valence-corrected chi connectivity index (χ4v) is 5.67. The highest BCUT2D eigenvalue weighted by Gasteiger charge is 2.22. The van der Waals surface area contributed by atoms with Gasteiger partial charge in [0.25, 0.3) is 10.0 Å². The molecular formula is C32H22Cl3F2N3O4S. The number of nitrogens with one attached hydrogen (secondary N) is 1. The van der Waals surface area contributed by atoms with Gasteiger partial charge >= 0.3 is 0 Å². The molecule has 230 valence electrons. The Kier molecular flexibility index (Phi) is 10.5. The quantitative estimate of drug-likeness (QED) is 0.117. The molecule has 5 rings (SSSR count). The van der Waals surface area contributed by atoms with Crippen molar-refractivity contribution in [2.45, 2.75) is 4.90 Å². The zero-order valence-electron chi connectivity index (χ0n) is 22.9. The third-order valence-electron chi connectivity index (χ3n) is 6.25. The van der Waals surface area contributed by atoms with Crippen molar-refractivity contribution in [3.05, 3.63) is 152 Å². The van der Waals surface area contributed by atoms with E-state index in [2.05, 4.69) is 4.72 Å². The molecule has 5 aromatic rings. The highest BCUT2D eigenvalue weighted by molar-refractivity contribution is 7.92. The lowest BCUT2D eigenvalue weighted by atomic mass is 10.0. The van der Waals surface area contributed by atoms with Crippen LogP contribution in [0.3, 0.4) is 0 Å². The van der Waals surface area contributed by atoms with Crippen LogP contribution in [-0.4, -0.2) is 20.0 Å². The monoisotopic (exact) mass is 687 g/mol. The Morgan fingerprint density at radius 1 is 0.600 bits per heavy atom. The van der Waals surface area contributed by atoms with Crippen LogP contribution in [0.1, 0.15) is 31.8 Å². The molecule has 0 saturated carbocycles. The average molecular weight is 689 g/mol. The lowest BCUT2D eigenvalue weighted by molar-refractivity contribution is 0.102. The molecule has 0 aliphatic rings. The summed E-state index contributed by atoms with van der Waals surface area (Å²) in [7, 11) is -4.09. The Morgan fingerprint density at radius 3 is 1.64 bits per heavy atom. The molecule has 0 bridgehead atoms. The Morgan fingerprint density at radius 2 is 1.09 bits per heavy atom. The molecule has 0 heterocycles. The SMILES string of the molecule is Nc1ccc(Cl)cc1C(=O)c1ccccc1F.Nc1ccc(S(=O)(=O)Nc2ccc(Cl)cc2C(=O)c2ccccc2F)cc1Cl. The number of anilines is 3. The maximum absolute atomic E-state index is 14.0. The molecule has 0 aliphatic carbocycles. The topological polar surface area (TPSA) is 132 Å². The van der Waals surface area contributed by atoms with Crippen LogP contribution in [-0.2, 0) is 10.0 Å². The minimum Gasteiger partial charge on any atom is -0.398 e. The smallest absolute Gasteiger partial charge is 0.261 e. The maximum Gasteiger partial charge on any atom is 0.261 e. The molecule has 0 amide bonds. The average Bonchev–Trinajstić information content (AvgIpc) is 3.00. The molecule has 13 heteroatoms. The van der Waals surface area contributed by atoms with Crippen LogP contribution in [0.25, 0.3) is 0 Å². The predicted molar refractivity (Wildman–Crippen MR) is 174 cm³/mol. The van der Waals surface area contributed by atoms with Crippen molar-refractivity contribution >= 4 is 73.5 Å². The van der Waals surface area contributed by atoms with Crippen LogP contribution in [0.15, 0.2) is 108 Å². The van der Waals surface area contributed by atoms with E-state index in [0.29, 0.717) is 5.02 Å². The van der Waals surface area contributed by atoms with Crippen LogP contribution in [0.4, 0.5) is 25.8 Å². The van der Waals surface area contributed by atoms with Gasteiger partial charge in [0.15, 0.2) is 11.6 Å². The largest absolute Gasteiger partial charge is 0.398 e. The van der Waals surface area contributed by atoms with Gasteiger partial charge < -0.3 is 11.5 Å². The standard InChI is InChI=1S/C19H13Cl2FN2O3S.C13H9ClFNO/c20-11-5-8-18(14(9-11)19(25)13-3-1-2-4-16(13)22)24-28(26,27)12-6-7-17(23)15(21)10-12;14-8-5-6-12(16)10(7-8)13(17)9-3-1-2-4-11(9)15/h1-10,24H,23H2;1-7H,16H2. The summed E-state index contributed by atoms with van der Waals surface area (Å²) >= 11 is 17.6. The number of halogens is 5. The van der Waals surface area contributed by atoms with E-state index in [1.807, 2.05) is 0 Å². The summed E-state index contributed by atoms with van der Waals surface area (Å²) in [5.41, 5.74) is 11.6. The number of rotatable bonds is 7. The number of ketones is 2. The minimum absolute atomic E-state index is 0.0125. The molecule has 0 saturated heterocycles. The van der Waals surface area contributed by atoms with Crippen molar-refractivity contribution < 1.29 is 26.8 Å². The van der Waals surface area contributed by atoms with Gasteiger partial charge in [-0.05, 0) is 78.9 Å². The summed E-state index contributed by atoms with van der Waals surface area (Å²) < 4.78 is 55.2. The summed E-state index contributed by atoms with van der Waals surface area (Å²) in [5.74, 6) is -2.49. The van der Waals surface area contributed by atoms with E-state index in [0.717, 1.165) is 6.07 Å². The molecule has 0 spiro atoms. The van der Waals surface area contributed by atoms with Gasteiger partial charge in [0, 0.05) is 26.9 Å². The fourth-order valence-electron chi connectivity index (χ4n) is 3.98. The number of carbonyl (C=O) groups excluding carboxylic acids is 2. The number of carbonyl (C=O) groups is 2. The molecular weight excluding hydrogens is 667 g/mol. The third-order valence-corrected chi connectivity index (χ3v) is 8.41. The summed E-state index contributed by atoms with van der Waals surface area (Å²) in [6.45, 7) is 0. The van der Waals surface area contributed by atoms with Gasteiger partial charge in [-0.15, -0.1) is 0 Å². The molecule has 7 nitrogen and oxygen atoms in total. The van der Waals surface area contributed by atoms with E-state index in [9.17, 15) is 26.8 Å². The summed E-state index contributed by atoms with van der Waals surface area (Å²) in [6.07, 6.45) is 0. The van der Waals surface area contributed by atoms with E-state index in [-0.39, 0.29) is 54.3 Å². The predicted octanol–water partition coefficient (Wildman–Crippen LogP) is 8.04. The zero-order valence-corrected chi connectivity index (χ0v) is 26.0. The number of nitrogens with two attached hydrogens (primary N) is 2. The summed E-state index contributed by atoms with van der Waals surface area (Å²) in [6, 6.07) is 23.5. The summed E-state index contributed by atoms with van der Waals surface area (Å²) in [4.78, 5) is 24.7. The number of hydrogen-bond acceptors (Lipinski definition) is 6. The number of sulfonamides is 1. The highest BCUT2D eigenvalue weighted by atomic mass is 35.5. The van der Waals surface area contributed by atoms with Gasteiger partial charge in [-0.25, -0.2) is 17.2 Å². The lowest BCUT2D eigenvalue weighted by Gasteiger charge is -2.13. The number of hydrogen-bond donors (Lipinski definition) is 3. The first-order valence-corrected chi connectivity index (χ1v) is 15.4. The molecule has 0 aliphatic heterocycles. The second-order valence-corrected chi connectivity index (χ2v) is 12.3. The van der Waals surface area contributed by atoms with Gasteiger partial charge in [-0.2, -0.15) is 0 Å². The highest BCUT2D eigenvalue weighted by Crippen LogP contribution is 2.29. The summed E-state index contributed by atoms with van der Waals surface area (Å²) in [5, 5.41) is 0.652. The molecule has 5 aromatic carbocycles. The van der Waals surface area contributed by atoms with Gasteiger partial charge in [0.1, 0.15) is 11.6 Å². The van der Waals surface area contributed by atoms with Crippen molar-refractivity contribution in [1.29, 1.82) is 0 Å². The molecule has 0 radical (unpaired) electrons. The van der Waals surface area contributed by atoms with E-state index >= 15 is 0 Å². The van der Waals surface area contributed by atoms with Crippen molar-refractivity contribution in [3.8, 4) is 0 Å². The Labute approximate surface area is 272 Å². The van der Waals surface area contributed by atoms with Crippen LogP contribution in [0.2, 0.25) is 15.1 Å². The lowest BCUT2D eigenvalue weighted by Crippen LogP contribution is -2.16. The molecule has 45 heavy (non-hydrogen) atoms. The molecule has 0 unspecified atom stereocenters. The molecule has 0 fully saturated rings. The van der Waals surface area contributed by atoms with Gasteiger partial charge in [0.05, 0.1) is 32.4 Å². The number of nitrogen functional groups attached to an aromatic ring is 2. The molecule has 5 N–H and O–H groups in total. The zero-order chi connectivity index (χ0) is 32.9. The van der Waals surface area contributed by atoms with E-state index in [4.69, 9.17) is 46.3 Å². The van der Waals surface area contributed by atoms with Gasteiger partial charge in [0.2, 0.25) is 0 Å².